The summed E-state index contributed by atoms with van der Waals surface area (Å²) >= 11 is 14.5. The third-order valence-corrected chi connectivity index (χ3v) is 7.79. The summed E-state index contributed by atoms with van der Waals surface area (Å²) in [7, 11) is 0. The number of piperidine rings is 1. The zero-order valence-corrected chi connectivity index (χ0v) is 20.1. The minimum absolute atomic E-state index is 0.00494. The maximum Gasteiger partial charge on any atom is 0.150 e. The number of halogens is 2. The average molecular weight is 507 g/mol. The second kappa shape index (κ2) is 9.64. The Morgan fingerprint density at radius 1 is 1.24 bits per heavy atom. The first-order chi connectivity index (χ1) is 16.0. The molecule has 5 rings (SSSR count). The van der Waals surface area contributed by atoms with E-state index in [1.54, 1.807) is 11.3 Å². The van der Waals surface area contributed by atoms with Gasteiger partial charge in [-0.15, -0.1) is 11.3 Å². The van der Waals surface area contributed by atoms with Crippen LogP contribution in [0, 0.1) is 5.41 Å². The first kappa shape index (κ1) is 22.7. The van der Waals surface area contributed by atoms with Gasteiger partial charge in [0, 0.05) is 41.1 Å². The SMILES string of the molecule is N=C(NO)c1csc(N2CCC(OCc3c(-c4c(Cl)cccc4Cl)noc3C3CC3)CC2)c1. The van der Waals surface area contributed by atoms with E-state index in [-0.39, 0.29) is 11.9 Å². The van der Waals surface area contributed by atoms with Crippen molar-refractivity contribution in [3.8, 4) is 11.3 Å². The fourth-order valence-electron chi connectivity index (χ4n) is 4.18. The number of ether oxygens (including phenoxy) is 1. The Morgan fingerprint density at radius 3 is 2.64 bits per heavy atom. The molecular weight excluding hydrogens is 483 g/mol. The molecule has 33 heavy (non-hydrogen) atoms. The Hall–Kier alpha value is -2.10. The van der Waals surface area contributed by atoms with Crippen LogP contribution in [0.5, 0.6) is 0 Å². The quantitative estimate of drug-likeness (QED) is 0.204. The number of rotatable bonds is 7. The summed E-state index contributed by atoms with van der Waals surface area (Å²) in [5, 5.41) is 25.0. The molecule has 2 fully saturated rings. The predicted octanol–water partition coefficient (Wildman–Crippen LogP) is 6.08. The van der Waals surface area contributed by atoms with E-state index in [2.05, 4.69) is 10.1 Å². The number of amidine groups is 1. The van der Waals surface area contributed by atoms with Crippen molar-refractivity contribution in [2.75, 3.05) is 18.0 Å². The molecule has 10 heteroatoms. The molecule has 2 aromatic heterocycles. The highest BCUT2D eigenvalue weighted by molar-refractivity contribution is 7.14. The summed E-state index contributed by atoms with van der Waals surface area (Å²) in [6.45, 7) is 2.15. The van der Waals surface area contributed by atoms with Crippen molar-refractivity contribution in [3.05, 3.63) is 56.6 Å². The van der Waals surface area contributed by atoms with Gasteiger partial charge in [0.1, 0.15) is 17.3 Å². The molecule has 0 atom stereocenters. The van der Waals surface area contributed by atoms with E-state index in [0.29, 0.717) is 39.4 Å². The van der Waals surface area contributed by atoms with Crippen molar-refractivity contribution < 1.29 is 14.5 Å². The van der Waals surface area contributed by atoms with E-state index in [1.807, 2.05) is 35.1 Å². The second-order valence-corrected chi connectivity index (χ2v) is 10.1. The fourth-order valence-corrected chi connectivity index (χ4v) is 5.72. The third kappa shape index (κ3) is 4.76. The first-order valence-electron chi connectivity index (χ1n) is 10.9. The number of aromatic nitrogens is 1. The molecule has 0 spiro atoms. The summed E-state index contributed by atoms with van der Waals surface area (Å²) in [6, 6.07) is 7.36. The van der Waals surface area contributed by atoms with Crippen molar-refractivity contribution in [3.63, 3.8) is 0 Å². The summed E-state index contributed by atoms with van der Waals surface area (Å²) in [5.41, 5.74) is 4.90. The molecule has 1 aliphatic heterocycles. The van der Waals surface area contributed by atoms with Crippen molar-refractivity contribution in [2.45, 2.75) is 44.3 Å². The molecule has 0 radical (unpaired) electrons. The van der Waals surface area contributed by atoms with Crippen LogP contribution in [-0.4, -0.2) is 35.4 Å². The molecular formula is C23H24Cl2N4O3S. The molecule has 1 saturated heterocycles. The Bertz CT molecular complexity index is 1130. The smallest absolute Gasteiger partial charge is 0.150 e. The molecule has 1 saturated carbocycles. The van der Waals surface area contributed by atoms with Gasteiger partial charge in [-0.3, -0.25) is 16.1 Å². The van der Waals surface area contributed by atoms with Crippen molar-refractivity contribution in [2.24, 2.45) is 0 Å². The third-order valence-electron chi connectivity index (χ3n) is 6.17. The van der Waals surface area contributed by atoms with E-state index in [1.165, 1.54) is 0 Å². The molecule has 2 aliphatic rings. The molecule has 0 amide bonds. The van der Waals surface area contributed by atoms with Gasteiger partial charge < -0.3 is 14.2 Å². The van der Waals surface area contributed by atoms with E-state index >= 15 is 0 Å². The highest BCUT2D eigenvalue weighted by Gasteiger charge is 2.34. The molecule has 0 unspecified atom stereocenters. The summed E-state index contributed by atoms with van der Waals surface area (Å²) in [5.74, 6) is 1.29. The van der Waals surface area contributed by atoms with Crippen LogP contribution in [0.15, 0.2) is 34.2 Å². The van der Waals surface area contributed by atoms with Crippen LogP contribution >= 0.6 is 34.5 Å². The lowest BCUT2D eigenvalue weighted by atomic mass is 10.0. The molecule has 7 nitrogen and oxygen atoms in total. The van der Waals surface area contributed by atoms with Gasteiger partial charge in [0.15, 0.2) is 0 Å². The molecule has 3 aromatic rings. The van der Waals surface area contributed by atoms with E-state index in [9.17, 15) is 0 Å². The lowest BCUT2D eigenvalue weighted by Gasteiger charge is -2.32. The highest BCUT2D eigenvalue weighted by Crippen LogP contribution is 2.46. The monoisotopic (exact) mass is 506 g/mol. The zero-order valence-electron chi connectivity index (χ0n) is 17.8. The van der Waals surface area contributed by atoms with Crippen LogP contribution in [-0.2, 0) is 11.3 Å². The molecule has 174 valence electrons. The number of hydrogen-bond donors (Lipinski definition) is 3. The van der Waals surface area contributed by atoms with E-state index in [4.69, 9.17) is 43.1 Å². The van der Waals surface area contributed by atoms with Crippen molar-refractivity contribution in [1.82, 2.24) is 10.6 Å². The summed E-state index contributed by atoms with van der Waals surface area (Å²) in [4.78, 5) is 2.29. The van der Waals surface area contributed by atoms with Crippen molar-refractivity contribution in [1.29, 1.82) is 5.41 Å². The fraction of sp³-hybridized carbons (Fsp3) is 0.391. The number of anilines is 1. The maximum atomic E-state index is 8.93. The van der Waals surface area contributed by atoms with Gasteiger partial charge in [-0.05, 0) is 43.9 Å². The molecule has 0 bridgehead atoms. The van der Waals surface area contributed by atoms with Crippen molar-refractivity contribution >= 4 is 45.4 Å². The Balaban J connectivity index is 1.26. The molecule has 3 heterocycles. The largest absolute Gasteiger partial charge is 0.373 e. The van der Waals surface area contributed by atoms with Gasteiger partial charge in [-0.25, -0.2) is 0 Å². The molecule has 1 aliphatic carbocycles. The number of nitrogens with one attached hydrogen (secondary N) is 2. The number of benzene rings is 1. The minimum atomic E-state index is 0.00494. The van der Waals surface area contributed by atoms with Crippen LogP contribution in [0.2, 0.25) is 10.0 Å². The van der Waals surface area contributed by atoms with Crippen LogP contribution < -0.4 is 10.4 Å². The van der Waals surface area contributed by atoms with Gasteiger partial charge >= 0.3 is 0 Å². The zero-order chi connectivity index (χ0) is 22.9. The first-order valence-corrected chi connectivity index (χ1v) is 12.6. The normalized spacial score (nSPS) is 16.9. The molecule has 1 aromatic carbocycles. The van der Waals surface area contributed by atoms with E-state index < -0.39 is 0 Å². The number of thiophene rings is 1. The number of nitrogens with zero attached hydrogens (tertiary/aromatic N) is 2. The lowest BCUT2D eigenvalue weighted by molar-refractivity contribution is 0.0247. The highest BCUT2D eigenvalue weighted by atomic mass is 35.5. The standard InChI is InChI=1S/C23H24Cl2N4O3S/c24-17-2-1-3-18(25)20(17)21-16(22(32-28-21)13-4-5-13)11-31-15-6-8-29(9-7-15)19-10-14(12-33-19)23(26)27-30/h1-3,10,12-13,15,30H,4-9,11H2,(H2,26,27). The Morgan fingerprint density at radius 2 is 1.97 bits per heavy atom. The lowest BCUT2D eigenvalue weighted by Crippen LogP contribution is -2.36. The van der Waals surface area contributed by atoms with Crippen LogP contribution in [0.1, 0.15) is 48.5 Å². The van der Waals surface area contributed by atoms with Gasteiger partial charge in [0.2, 0.25) is 0 Å². The minimum Gasteiger partial charge on any atom is -0.373 e. The summed E-state index contributed by atoms with van der Waals surface area (Å²) < 4.78 is 12.1. The predicted molar refractivity (Wildman–Crippen MR) is 130 cm³/mol. The van der Waals surface area contributed by atoms with Gasteiger partial charge in [-0.1, -0.05) is 34.4 Å². The Labute approximate surface area is 205 Å². The van der Waals surface area contributed by atoms with Crippen LogP contribution in [0.3, 0.4) is 0 Å². The molecule has 3 N–H and O–H groups in total. The maximum absolute atomic E-state index is 8.93. The summed E-state index contributed by atoms with van der Waals surface area (Å²) in [6.07, 6.45) is 4.13. The Kier molecular flexibility index (Phi) is 6.62. The van der Waals surface area contributed by atoms with Gasteiger partial charge in [0.25, 0.3) is 0 Å². The second-order valence-electron chi connectivity index (χ2n) is 8.40. The van der Waals surface area contributed by atoms with Crippen LogP contribution in [0.25, 0.3) is 11.3 Å². The van der Waals surface area contributed by atoms with Gasteiger partial charge in [0.05, 0.1) is 27.8 Å². The van der Waals surface area contributed by atoms with Gasteiger partial charge in [-0.2, -0.15) is 0 Å². The topological polar surface area (TPSA) is 94.6 Å². The number of hydroxylamine groups is 1. The average Bonchev–Trinajstić information content (AvgIpc) is 3.39. The van der Waals surface area contributed by atoms with E-state index in [0.717, 1.165) is 55.1 Å². The number of hydrogen-bond acceptors (Lipinski definition) is 7. The van der Waals surface area contributed by atoms with Crippen LogP contribution in [0.4, 0.5) is 5.00 Å².